The average Bonchev–Trinajstić information content (AvgIpc) is 2.59. The van der Waals surface area contributed by atoms with Crippen LogP contribution in [0.4, 0.5) is 5.69 Å². The molecular weight excluding hydrogens is 349 g/mol. The average molecular weight is 360 g/mol. The van der Waals surface area contributed by atoms with Gasteiger partial charge in [0.1, 0.15) is 17.6 Å². The molecule has 0 atom stereocenters. The van der Waals surface area contributed by atoms with Crippen LogP contribution in [-0.2, 0) is 0 Å². The molecule has 0 spiro atoms. The summed E-state index contributed by atoms with van der Waals surface area (Å²) in [6.07, 6.45) is 2.66. The van der Waals surface area contributed by atoms with Crippen LogP contribution in [0, 0.1) is 0 Å². The molecule has 7 heteroatoms. The van der Waals surface area contributed by atoms with Crippen molar-refractivity contribution in [2.75, 3.05) is 5.32 Å². The molecular formula is C17H11Cl2N3O2. The quantitative estimate of drug-likeness (QED) is 0.724. The van der Waals surface area contributed by atoms with E-state index in [1.165, 1.54) is 12.5 Å². The van der Waals surface area contributed by atoms with E-state index in [2.05, 4.69) is 15.3 Å². The molecule has 0 saturated carbocycles. The van der Waals surface area contributed by atoms with Gasteiger partial charge in [-0.1, -0.05) is 41.4 Å². The molecule has 0 unspecified atom stereocenters. The number of anilines is 1. The van der Waals surface area contributed by atoms with E-state index in [9.17, 15) is 4.79 Å². The highest BCUT2D eigenvalue weighted by molar-refractivity contribution is 6.34. The van der Waals surface area contributed by atoms with E-state index in [0.717, 1.165) is 0 Å². The molecule has 3 aromatic rings. The van der Waals surface area contributed by atoms with Gasteiger partial charge in [-0.3, -0.25) is 4.79 Å². The molecule has 3 rings (SSSR count). The maximum Gasteiger partial charge on any atom is 0.262 e. The zero-order valence-electron chi connectivity index (χ0n) is 12.2. The molecule has 0 aliphatic heterocycles. The Kier molecular flexibility index (Phi) is 4.93. The van der Waals surface area contributed by atoms with Crippen molar-refractivity contribution in [1.29, 1.82) is 0 Å². The monoisotopic (exact) mass is 359 g/mol. The van der Waals surface area contributed by atoms with Gasteiger partial charge in [0.25, 0.3) is 5.91 Å². The number of hydrogen-bond acceptors (Lipinski definition) is 4. The minimum absolute atomic E-state index is 0.0857. The van der Waals surface area contributed by atoms with Crippen molar-refractivity contribution in [2.45, 2.75) is 0 Å². The number of nitrogens with one attached hydrogen (secondary N) is 1. The van der Waals surface area contributed by atoms with Crippen LogP contribution in [-0.4, -0.2) is 15.9 Å². The molecule has 1 heterocycles. The molecule has 24 heavy (non-hydrogen) atoms. The van der Waals surface area contributed by atoms with Gasteiger partial charge in [0.2, 0.25) is 5.88 Å². The van der Waals surface area contributed by atoms with Gasteiger partial charge in [0, 0.05) is 23.0 Å². The first kappa shape index (κ1) is 16.2. The molecule has 1 N–H and O–H groups in total. The van der Waals surface area contributed by atoms with Gasteiger partial charge in [-0.05, 0) is 24.3 Å². The van der Waals surface area contributed by atoms with Crippen LogP contribution >= 0.6 is 23.2 Å². The third kappa shape index (κ3) is 3.82. The number of ether oxygens (including phenoxy) is 1. The Morgan fingerprint density at radius 1 is 1.08 bits per heavy atom. The van der Waals surface area contributed by atoms with Crippen molar-refractivity contribution >= 4 is 34.8 Å². The highest BCUT2D eigenvalue weighted by atomic mass is 35.5. The highest BCUT2D eigenvalue weighted by Crippen LogP contribution is 2.32. The maximum atomic E-state index is 12.4. The Hall–Kier alpha value is -2.63. The zero-order chi connectivity index (χ0) is 16.9. The molecule has 5 nitrogen and oxygen atoms in total. The molecule has 0 fully saturated rings. The summed E-state index contributed by atoms with van der Waals surface area (Å²) in [5.41, 5.74) is 0.829. The van der Waals surface area contributed by atoms with Gasteiger partial charge < -0.3 is 10.1 Å². The smallest absolute Gasteiger partial charge is 0.262 e. The van der Waals surface area contributed by atoms with Crippen molar-refractivity contribution in [2.24, 2.45) is 0 Å². The second kappa shape index (κ2) is 7.29. The number of para-hydroxylation sites is 1. The number of carbonyl (C=O) groups excluding carboxylic acids is 1. The van der Waals surface area contributed by atoms with E-state index in [-0.39, 0.29) is 11.4 Å². The first-order valence-corrected chi connectivity index (χ1v) is 7.68. The SMILES string of the molecule is O=C(Nc1ccccc1)c1cncnc1Oc1cc(Cl)ccc1Cl. The summed E-state index contributed by atoms with van der Waals surface area (Å²) in [5.74, 6) is -0.00539. The summed E-state index contributed by atoms with van der Waals surface area (Å²) in [6.45, 7) is 0. The summed E-state index contributed by atoms with van der Waals surface area (Å²) >= 11 is 12.0. The molecule has 0 bridgehead atoms. The first-order chi connectivity index (χ1) is 11.6. The molecule has 0 radical (unpaired) electrons. The summed E-state index contributed by atoms with van der Waals surface area (Å²) < 4.78 is 5.65. The van der Waals surface area contributed by atoms with E-state index in [1.807, 2.05) is 18.2 Å². The second-order valence-electron chi connectivity index (χ2n) is 4.74. The summed E-state index contributed by atoms with van der Waals surface area (Å²) in [5, 5.41) is 3.56. The number of carbonyl (C=O) groups is 1. The molecule has 1 aromatic heterocycles. The van der Waals surface area contributed by atoms with Crippen molar-refractivity contribution in [1.82, 2.24) is 9.97 Å². The first-order valence-electron chi connectivity index (χ1n) is 6.93. The minimum atomic E-state index is -0.394. The molecule has 0 aliphatic carbocycles. The predicted octanol–water partition coefficient (Wildman–Crippen LogP) is 4.83. The van der Waals surface area contributed by atoms with E-state index in [0.29, 0.717) is 21.5 Å². The van der Waals surface area contributed by atoms with E-state index >= 15 is 0 Å². The molecule has 1 amide bonds. The van der Waals surface area contributed by atoms with E-state index in [4.69, 9.17) is 27.9 Å². The molecule has 0 saturated heterocycles. The Morgan fingerprint density at radius 3 is 2.67 bits per heavy atom. The van der Waals surface area contributed by atoms with Crippen LogP contribution in [0.15, 0.2) is 61.1 Å². The highest BCUT2D eigenvalue weighted by Gasteiger charge is 2.16. The number of nitrogens with zero attached hydrogens (tertiary/aromatic N) is 2. The largest absolute Gasteiger partial charge is 0.436 e. The summed E-state index contributed by atoms with van der Waals surface area (Å²) in [4.78, 5) is 20.3. The predicted molar refractivity (Wildman–Crippen MR) is 93.0 cm³/mol. The number of aromatic nitrogens is 2. The fourth-order valence-corrected chi connectivity index (χ4v) is 2.25. The second-order valence-corrected chi connectivity index (χ2v) is 5.58. The lowest BCUT2D eigenvalue weighted by atomic mass is 10.2. The van der Waals surface area contributed by atoms with Crippen molar-refractivity contribution in [3.63, 3.8) is 0 Å². The number of hydrogen-bond donors (Lipinski definition) is 1. The Bertz CT molecular complexity index is 873. The Balaban J connectivity index is 1.88. The van der Waals surface area contributed by atoms with Crippen LogP contribution < -0.4 is 10.1 Å². The van der Waals surface area contributed by atoms with Crippen LogP contribution in [0.1, 0.15) is 10.4 Å². The molecule has 0 aliphatic rings. The minimum Gasteiger partial charge on any atom is -0.436 e. The van der Waals surface area contributed by atoms with Crippen LogP contribution in [0.25, 0.3) is 0 Å². The Labute approximate surface area is 148 Å². The van der Waals surface area contributed by atoms with E-state index in [1.54, 1.807) is 30.3 Å². The summed E-state index contributed by atoms with van der Waals surface area (Å²) in [6, 6.07) is 13.8. The third-order valence-corrected chi connectivity index (χ3v) is 3.60. The normalized spacial score (nSPS) is 10.2. The Morgan fingerprint density at radius 2 is 1.88 bits per heavy atom. The lowest BCUT2D eigenvalue weighted by Crippen LogP contribution is -2.14. The number of rotatable bonds is 4. The lowest BCUT2D eigenvalue weighted by Gasteiger charge is -2.11. The van der Waals surface area contributed by atoms with Crippen LogP contribution in [0.3, 0.4) is 0 Å². The van der Waals surface area contributed by atoms with Gasteiger partial charge in [-0.15, -0.1) is 0 Å². The zero-order valence-corrected chi connectivity index (χ0v) is 13.8. The molecule has 2 aromatic carbocycles. The van der Waals surface area contributed by atoms with Crippen molar-refractivity contribution in [3.05, 3.63) is 76.7 Å². The van der Waals surface area contributed by atoms with Crippen molar-refractivity contribution < 1.29 is 9.53 Å². The van der Waals surface area contributed by atoms with Crippen molar-refractivity contribution in [3.8, 4) is 11.6 Å². The van der Waals surface area contributed by atoms with E-state index < -0.39 is 5.91 Å². The lowest BCUT2D eigenvalue weighted by molar-refractivity contribution is 0.102. The van der Waals surface area contributed by atoms with Gasteiger partial charge in [-0.2, -0.15) is 0 Å². The van der Waals surface area contributed by atoms with Crippen LogP contribution in [0.2, 0.25) is 10.0 Å². The number of benzene rings is 2. The van der Waals surface area contributed by atoms with Gasteiger partial charge >= 0.3 is 0 Å². The van der Waals surface area contributed by atoms with Gasteiger partial charge in [-0.25, -0.2) is 9.97 Å². The fourth-order valence-electron chi connectivity index (χ4n) is 1.93. The van der Waals surface area contributed by atoms with Crippen LogP contribution in [0.5, 0.6) is 11.6 Å². The van der Waals surface area contributed by atoms with Gasteiger partial charge in [0.05, 0.1) is 5.02 Å². The topological polar surface area (TPSA) is 64.1 Å². The fraction of sp³-hybridized carbons (Fsp3) is 0. The number of amides is 1. The van der Waals surface area contributed by atoms with Gasteiger partial charge in [0.15, 0.2) is 0 Å². The standard InChI is InChI=1S/C17H11Cl2N3O2/c18-11-6-7-14(19)15(8-11)24-17-13(9-20-10-21-17)16(23)22-12-4-2-1-3-5-12/h1-10H,(H,22,23). The maximum absolute atomic E-state index is 12.4. The summed E-state index contributed by atoms with van der Waals surface area (Å²) in [7, 11) is 0. The third-order valence-electron chi connectivity index (χ3n) is 3.05. The number of halogens is 2. The molecule has 120 valence electrons.